The predicted octanol–water partition coefficient (Wildman–Crippen LogP) is 4.07. The molecule has 2 aromatic carbocycles. The Kier molecular flexibility index (Phi) is 6.84. The average Bonchev–Trinajstić information content (AvgIpc) is 2.60. The maximum atomic E-state index is 12.1. The van der Waals surface area contributed by atoms with Gasteiger partial charge in [-0.2, -0.15) is 13.2 Å². The summed E-state index contributed by atoms with van der Waals surface area (Å²) in [6.07, 6.45) is -4.43. The van der Waals surface area contributed by atoms with Crippen LogP contribution in [-0.2, 0) is 4.79 Å². The summed E-state index contributed by atoms with van der Waals surface area (Å²) in [4.78, 5) is 24.0. The Morgan fingerprint density at radius 2 is 1.78 bits per heavy atom. The second-order valence-electron chi connectivity index (χ2n) is 5.62. The highest BCUT2D eigenvalue weighted by Gasteiger charge is 2.28. The minimum atomic E-state index is -4.43. The zero-order valence-corrected chi connectivity index (χ0v) is 15.8. The quantitative estimate of drug-likeness (QED) is 0.705. The Labute approximate surface area is 162 Å². The van der Waals surface area contributed by atoms with Gasteiger partial charge in [-0.15, -0.1) is 0 Å². The van der Waals surface area contributed by atoms with Crippen molar-refractivity contribution in [1.29, 1.82) is 0 Å². The van der Waals surface area contributed by atoms with Gasteiger partial charge in [-0.1, -0.05) is 15.9 Å². The minimum Gasteiger partial charge on any atom is -0.484 e. The van der Waals surface area contributed by atoms with Gasteiger partial charge >= 0.3 is 6.18 Å². The van der Waals surface area contributed by atoms with Crippen molar-refractivity contribution < 1.29 is 27.5 Å². The van der Waals surface area contributed by atoms with Crippen molar-refractivity contribution in [3.8, 4) is 5.75 Å². The van der Waals surface area contributed by atoms with Crippen LogP contribution in [-0.4, -0.2) is 31.1 Å². The fraction of sp³-hybridized carbons (Fsp3) is 0.222. The highest BCUT2D eigenvalue weighted by Crippen LogP contribution is 2.20. The first-order valence-corrected chi connectivity index (χ1v) is 8.57. The lowest BCUT2D eigenvalue weighted by Crippen LogP contribution is -2.33. The van der Waals surface area contributed by atoms with E-state index in [0.717, 1.165) is 10.0 Å². The number of anilines is 1. The van der Waals surface area contributed by atoms with Gasteiger partial charge in [0.15, 0.2) is 6.61 Å². The van der Waals surface area contributed by atoms with Crippen LogP contribution in [0.1, 0.15) is 15.9 Å². The lowest BCUT2D eigenvalue weighted by Gasteiger charge is -2.11. The van der Waals surface area contributed by atoms with Gasteiger partial charge in [0.2, 0.25) is 5.91 Å². The van der Waals surface area contributed by atoms with E-state index in [0.29, 0.717) is 5.69 Å². The molecule has 0 fully saturated rings. The van der Waals surface area contributed by atoms with Gasteiger partial charge in [0, 0.05) is 15.7 Å². The summed E-state index contributed by atoms with van der Waals surface area (Å²) in [5, 5.41) is 5.13. The summed E-state index contributed by atoms with van der Waals surface area (Å²) in [6, 6.07) is 10.5. The van der Waals surface area contributed by atoms with Crippen LogP contribution in [0.4, 0.5) is 18.9 Å². The number of nitrogens with one attached hydrogen (secondary N) is 2. The second-order valence-corrected chi connectivity index (χ2v) is 6.53. The topological polar surface area (TPSA) is 67.4 Å². The largest absolute Gasteiger partial charge is 0.484 e. The summed E-state index contributed by atoms with van der Waals surface area (Å²) in [7, 11) is 0. The molecule has 0 aliphatic rings. The van der Waals surface area contributed by atoms with Crippen LogP contribution in [0.25, 0.3) is 0 Å². The molecule has 0 spiro atoms. The second kappa shape index (κ2) is 8.90. The highest BCUT2D eigenvalue weighted by atomic mass is 79.9. The zero-order valence-electron chi connectivity index (χ0n) is 14.2. The first-order valence-electron chi connectivity index (χ1n) is 7.78. The molecule has 2 amide bonds. The summed E-state index contributed by atoms with van der Waals surface area (Å²) in [5.74, 6) is -0.939. The van der Waals surface area contributed by atoms with Gasteiger partial charge in [0.05, 0.1) is 6.54 Å². The molecule has 2 rings (SSSR count). The summed E-state index contributed by atoms with van der Waals surface area (Å²) >= 11 is 3.33. The van der Waals surface area contributed by atoms with Crippen LogP contribution in [0.3, 0.4) is 0 Å². The minimum absolute atomic E-state index is 0.00710. The first kappa shape index (κ1) is 20.8. The van der Waals surface area contributed by atoms with Gasteiger partial charge < -0.3 is 15.4 Å². The molecule has 0 radical (unpaired) electrons. The van der Waals surface area contributed by atoms with Crippen LogP contribution in [0, 0.1) is 6.92 Å². The Morgan fingerprint density at radius 3 is 2.37 bits per heavy atom. The van der Waals surface area contributed by atoms with Gasteiger partial charge in [-0.3, -0.25) is 9.59 Å². The van der Waals surface area contributed by atoms with E-state index in [-0.39, 0.29) is 17.9 Å². The van der Waals surface area contributed by atoms with E-state index in [9.17, 15) is 22.8 Å². The van der Waals surface area contributed by atoms with Crippen LogP contribution >= 0.6 is 15.9 Å². The van der Waals surface area contributed by atoms with E-state index >= 15 is 0 Å². The maximum absolute atomic E-state index is 12.1. The molecule has 2 aromatic rings. The van der Waals surface area contributed by atoms with Gasteiger partial charge in [-0.05, 0) is 55.0 Å². The number of hydrogen-bond donors (Lipinski definition) is 2. The van der Waals surface area contributed by atoms with Crippen molar-refractivity contribution in [1.82, 2.24) is 5.32 Å². The van der Waals surface area contributed by atoms with Crippen LogP contribution in [0.5, 0.6) is 5.75 Å². The van der Waals surface area contributed by atoms with E-state index in [1.54, 1.807) is 12.1 Å². The smallest absolute Gasteiger partial charge is 0.422 e. The van der Waals surface area contributed by atoms with Crippen molar-refractivity contribution in [3.05, 3.63) is 58.1 Å². The predicted molar refractivity (Wildman–Crippen MR) is 97.8 cm³/mol. The SMILES string of the molecule is Cc1cc(Br)ccc1NC(=O)CNC(=O)c1ccc(OCC(F)(F)F)cc1. The molecule has 0 saturated heterocycles. The highest BCUT2D eigenvalue weighted by molar-refractivity contribution is 9.10. The third-order valence-electron chi connectivity index (χ3n) is 3.39. The average molecular weight is 445 g/mol. The molecular weight excluding hydrogens is 429 g/mol. The molecule has 0 atom stereocenters. The lowest BCUT2D eigenvalue weighted by molar-refractivity contribution is -0.153. The molecule has 9 heteroatoms. The Hall–Kier alpha value is -2.55. The van der Waals surface area contributed by atoms with Crippen molar-refractivity contribution in [2.24, 2.45) is 0 Å². The number of benzene rings is 2. The molecular formula is C18H16BrF3N2O3. The fourth-order valence-corrected chi connectivity index (χ4v) is 2.57. The number of alkyl halides is 3. The molecule has 0 aliphatic carbocycles. The van der Waals surface area contributed by atoms with E-state index in [1.165, 1.54) is 24.3 Å². The number of hydrogen-bond acceptors (Lipinski definition) is 3. The van der Waals surface area contributed by atoms with Crippen molar-refractivity contribution in [2.45, 2.75) is 13.1 Å². The standard InChI is InChI=1S/C18H16BrF3N2O3/c1-11-8-13(19)4-7-15(11)24-16(25)9-23-17(26)12-2-5-14(6-3-12)27-10-18(20,21)22/h2-8H,9-10H2,1H3,(H,23,26)(H,24,25). The van der Waals surface area contributed by atoms with Crippen molar-refractivity contribution >= 4 is 33.4 Å². The molecule has 0 aromatic heterocycles. The summed E-state index contributed by atoms with van der Waals surface area (Å²) < 4.78 is 41.7. The van der Waals surface area contributed by atoms with Crippen molar-refractivity contribution in [2.75, 3.05) is 18.5 Å². The number of ether oxygens (including phenoxy) is 1. The van der Waals surface area contributed by atoms with Crippen molar-refractivity contribution in [3.63, 3.8) is 0 Å². The number of carbonyl (C=O) groups is 2. The number of aryl methyl sites for hydroxylation is 1. The van der Waals surface area contributed by atoms with Crippen LogP contribution in [0.15, 0.2) is 46.9 Å². The van der Waals surface area contributed by atoms with Crippen LogP contribution < -0.4 is 15.4 Å². The Morgan fingerprint density at radius 1 is 1.11 bits per heavy atom. The molecule has 5 nitrogen and oxygen atoms in total. The fourth-order valence-electron chi connectivity index (χ4n) is 2.09. The Balaban J connectivity index is 1.85. The monoisotopic (exact) mass is 444 g/mol. The summed E-state index contributed by atoms with van der Waals surface area (Å²) in [5.41, 5.74) is 1.68. The summed E-state index contributed by atoms with van der Waals surface area (Å²) in [6.45, 7) is 0.177. The number of carbonyl (C=O) groups excluding carboxylic acids is 2. The molecule has 0 unspecified atom stereocenters. The Bertz CT molecular complexity index is 824. The van der Waals surface area contributed by atoms with Gasteiger partial charge in [0.1, 0.15) is 5.75 Å². The molecule has 144 valence electrons. The van der Waals surface area contributed by atoms with Gasteiger partial charge in [0.25, 0.3) is 5.91 Å². The number of halogens is 4. The molecule has 27 heavy (non-hydrogen) atoms. The zero-order chi connectivity index (χ0) is 20.0. The lowest BCUT2D eigenvalue weighted by atomic mass is 10.2. The van der Waals surface area contributed by atoms with E-state index in [1.807, 2.05) is 13.0 Å². The molecule has 0 aliphatic heterocycles. The van der Waals surface area contributed by atoms with E-state index < -0.39 is 24.6 Å². The van der Waals surface area contributed by atoms with Crippen LogP contribution in [0.2, 0.25) is 0 Å². The van der Waals surface area contributed by atoms with E-state index in [4.69, 9.17) is 0 Å². The molecule has 0 heterocycles. The number of amides is 2. The number of rotatable bonds is 6. The molecule has 0 saturated carbocycles. The third-order valence-corrected chi connectivity index (χ3v) is 3.88. The van der Waals surface area contributed by atoms with E-state index in [2.05, 4.69) is 31.3 Å². The molecule has 2 N–H and O–H groups in total. The molecule has 0 bridgehead atoms. The first-order chi connectivity index (χ1) is 12.6. The third kappa shape index (κ3) is 6.93. The van der Waals surface area contributed by atoms with Gasteiger partial charge in [-0.25, -0.2) is 0 Å². The normalized spacial score (nSPS) is 11.0. The maximum Gasteiger partial charge on any atom is 0.422 e.